The predicted molar refractivity (Wildman–Crippen MR) is 126 cm³/mol. The van der Waals surface area contributed by atoms with Crippen LogP contribution >= 0.6 is 24.0 Å². The van der Waals surface area contributed by atoms with Crippen LogP contribution < -0.4 is 15.5 Å². The summed E-state index contributed by atoms with van der Waals surface area (Å²) in [5.74, 6) is 1.76. The molecule has 174 valence electrons. The van der Waals surface area contributed by atoms with E-state index in [1.54, 1.807) is 0 Å². The zero-order valence-electron chi connectivity index (χ0n) is 17.9. The summed E-state index contributed by atoms with van der Waals surface area (Å²) in [6, 6.07) is 6.42. The van der Waals surface area contributed by atoms with E-state index in [9.17, 15) is 9.18 Å². The fourth-order valence-corrected chi connectivity index (χ4v) is 4.26. The minimum atomic E-state index is -0.526. The lowest BCUT2D eigenvalue weighted by Gasteiger charge is -2.31. The van der Waals surface area contributed by atoms with Crippen LogP contribution in [-0.2, 0) is 4.74 Å². The van der Waals surface area contributed by atoms with E-state index in [0.717, 1.165) is 56.2 Å². The number of amides is 1. The smallest absolute Gasteiger partial charge is 0.251 e. The van der Waals surface area contributed by atoms with E-state index in [1.165, 1.54) is 18.2 Å². The van der Waals surface area contributed by atoms with Gasteiger partial charge in [-0.25, -0.2) is 14.4 Å². The number of anilines is 2. The summed E-state index contributed by atoms with van der Waals surface area (Å²) < 4.78 is 18.7. The van der Waals surface area contributed by atoms with Crippen LogP contribution in [0.4, 0.5) is 16.0 Å². The van der Waals surface area contributed by atoms with Crippen LogP contribution in [0.2, 0.25) is 5.02 Å². The van der Waals surface area contributed by atoms with Crippen LogP contribution in [0.5, 0.6) is 0 Å². The van der Waals surface area contributed by atoms with Crippen LogP contribution in [0.1, 0.15) is 41.9 Å². The number of carbonyl (C=O) groups is 1. The Morgan fingerprint density at radius 2 is 1.81 bits per heavy atom. The Morgan fingerprint density at radius 3 is 2.50 bits per heavy atom. The summed E-state index contributed by atoms with van der Waals surface area (Å²) in [4.78, 5) is 23.8. The molecule has 1 aromatic carbocycles. The number of morpholine rings is 1. The molecule has 1 aliphatic carbocycles. The van der Waals surface area contributed by atoms with Crippen molar-refractivity contribution in [3.05, 3.63) is 46.5 Å². The Labute approximate surface area is 198 Å². The maximum Gasteiger partial charge on any atom is 0.251 e. The summed E-state index contributed by atoms with van der Waals surface area (Å²) >= 11 is 5.79. The number of rotatable bonds is 5. The summed E-state index contributed by atoms with van der Waals surface area (Å²) in [6.07, 6.45) is 3.56. The maximum absolute atomic E-state index is 13.3. The number of nitrogens with zero attached hydrogens (tertiary/aromatic N) is 3. The average molecular weight is 484 g/mol. The maximum atomic E-state index is 13.3. The predicted octanol–water partition coefficient (Wildman–Crippen LogP) is 3.99. The van der Waals surface area contributed by atoms with Gasteiger partial charge in [0.25, 0.3) is 5.91 Å². The molecule has 10 heteroatoms. The number of ether oxygens (including phenoxy) is 1. The van der Waals surface area contributed by atoms with Crippen molar-refractivity contribution < 1.29 is 13.9 Å². The fourth-order valence-electron chi connectivity index (χ4n) is 4.08. The number of nitrogens with one attached hydrogen (secondary N) is 2. The van der Waals surface area contributed by atoms with Crippen LogP contribution in [0.15, 0.2) is 24.3 Å². The molecule has 2 N–H and O–H groups in total. The van der Waals surface area contributed by atoms with Gasteiger partial charge >= 0.3 is 0 Å². The Kier molecular flexibility index (Phi) is 8.51. The summed E-state index contributed by atoms with van der Waals surface area (Å²) in [5.41, 5.74) is 0.374. The van der Waals surface area contributed by atoms with Gasteiger partial charge < -0.3 is 20.3 Å². The molecule has 0 spiro atoms. The third-order valence-corrected chi connectivity index (χ3v) is 6.05. The minimum absolute atomic E-state index is 0. The average Bonchev–Trinajstić information content (AvgIpc) is 2.77. The molecule has 2 aromatic rings. The van der Waals surface area contributed by atoms with Crippen LogP contribution in [0.25, 0.3) is 0 Å². The molecule has 1 saturated carbocycles. The van der Waals surface area contributed by atoms with Crippen molar-refractivity contribution >= 4 is 41.6 Å². The first-order valence-corrected chi connectivity index (χ1v) is 11.1. The van der Waals surface area contributed by atoms with Gasteiger partial charge in [-0.2, -0.15) is 0 Å². The quantitative estimate of drug-likeness (QED) is 0.669. The minimum Gasteiger partial charge on any atom is -0.378 e. The summed E-state index contributed by atoms with van der Waals surface area (Å²) in [5, 5.41) is 6.53. The van der Waals surface area contributed by atoms with Crippen molar-refractivity contribution in [1.82, 2.24) is 15.3 Å². The zero-order valence-corrected chi connectivity index (χ0v) is 19.5. The van der Waals surface area contributed by atoms with Gasteiger partial charge in [0.2, 0.25) is 0 Å². The topological polar surface area (TPSA) is 79.4 Å². The molecule has 1 amide bonds. The van der Waals surface area contributed by atoms with E-state index < -0.39 is 5.82 Å². The second-order valence-corrected chi connectivity index (χ2v) is 8.46. The number of benzene rings is 1. The van der Waals surface area contributed by atoms with Crippen molar-refractivity contribution in [2.24, 2.45) is 0 Å². The van der Waals surface area contributed by atoms with E-state index in [2.05, 4.69) is 25.5 Å². The lowest BCUT2D eigenvalue weighted by atomic mass is 9.91. The molecule has 7 nitrogen and oxygen atoms in total. The van der Waals surface area contributed by atoms with Gasteiger partial charge in [0.15, 0.2) is 0 Å². The Bertz CT molecular complexity index is 935. The standard InChI is InChI=1S/C22H27ClFN5O2.ClH/c1-14-25-20(13-21(26-14)29-8-10-31-11-9-29)27-16-3-5-17(6-4-16)28-22(30)15-2-7-19(24)18(23)12-15;/h2,7,12-13,16-17H,3-6,8-11H2,1H3,(H,28,30)(H,25,26,27);1H/t16-,17+;. The third-order valence-electron chi connectivity index (χ3n) is 5.76. The van der Waals surface area contributed by atoms with Gasteiger partial charge in [0.05, 0.1) is 18.2 Å². The molecule has 1 aromatic heterocycles. The number of aromatic nitrogens is 2. The lowest BCUT2D eigenvalue weighted by molar-refractivity contribution is 0.0926. The van der Waals surface area contributed by atoms with Crippen molar-refractivity contribution in [3.8, 4) is 0 Å². The van der Waals surface area contributed by atoms with Crippen molar-refractivity contribution in [2.45, 2.75) is 44.7 Å². The first-order chi connectivity index (χ1) is 15.0. The molecule has 2 heterocycles. The molecule has 32 heavy (non-hydrogen) atoms. The molecule has 1 aliphatic heterocycles. The molecular formula is C22H28Cl2FN5O2. The van der Waals surface area contributed by atoms with E-state index in [1.807, 2.05) is 13.0 Å². The zero-order chi connectivity index (χ0) is 21.8. The number of hydrogen-bond acceptors (Lipinski definition) is 6. The van der Waals surface area contributed by atoms with Gasteiger partial charge in [-0.1, -0.05) is 11.6 Å². The highest BCUT2D eigenvalue weighted by Gasteiger charge is 2.24. The second kappa shape index (κ2) is 11.1. The number of aryl methyl sites for hydroxylation is 1. The van der Waals surface area contributed by atoms with Gasteiger partial charge in [-0.3, -0.25) is 4.79 Å². The van der Waals surface area contributed by atoms with Gasteiger partial charge in [-0.15, -0.1) is 12.4 Å². The molecule has 0 bridgehead atoms. The SMILES string of the molecule is Cc1nc(N[C@H]2CC[C@@H](NC(=O)c3ccc(F)c(Cl)c3)CC2)cc(N2CCOCC2)n1.Cl. The van der Waals surface area contributed by atoms with Gasteiger partial charge in [0.1, 0.15) is 23.3 Å². The van der Waals surface area contributed by atoms with Crippen molar-refractivity contribution in [2.75, 3.05) is 36.5 Å². The molecule has 4 rings (SSSR count). The first-order valence-electron chi connectivity index (χ1n) is 10.7. The fraction of sp³-hybridized carbons (Fsp3) is 0.500. The molecule has 2 aliphatic rings. The third kappa shape index (κ3) is 6.21. The summed E-state index contributed by atoms with van der Waals surface area (Å²) in [6.45, 7) is 5.00. The Morgan fingerprint density at radius 1 is 1.12 bits per heavy atom. The second-order valence-electron chi connectivity index (χ2n) is 8.05. The van der Waals surface area contributed by atoms with Crippen LogP contribution in [0.3, 0.4) is 0 Å². The molecule has 1 saturated heterocycles. The number of halogens is 3. The van der Waals surface area contributed by atoms with E-state index >= 15 is 0 Å². The molecule has 0 radical (unpaired) electrons. The Balaban J connectivity index is 0.00000289. The van der Waals surface area contributed by atoms with Crippen LogP contribution in [-0.4, -0.2) is 54.3 Å². The first kappa shape index (κ1) is 24.5. The normalized spacial score (nSPS) is 20.9. The highest BCUT2D eigenvalue weighted by atomic mass is 35.5. The molecular weight excluding hydrogens is 456 g/mol. The van der Waals surface area contributed by atoms with E-state index in [-0.39, 0.29) is 29.4 Å². The van der Waals surface area contributed by atoms with Crippen molar-refractivity contribution in [3.63, 3.8) is 0 Å². The monoisotopic (exact) mass is 483 g/mol. The number of hydrogen-bond donors (Lipinski definition) is 2. The number of carbonyl (C=O) groups excluding carboxylic acids is 1. The van der Waals surface area contributed by atoms with Crippen molar-refractivity contribution in [1.29, 1.82) is 0 Å². The highest BCUT2D eigenvalue weighted by Crippen LogP contribution is 2.24. The van der Waals surface area contributed by atoms with Gasteiger partial charge in [0, 0.05) is 36.8 Å². The van der Waals surface area contributed by atoms with E-state index in [4.69, 9.17) is 16.3 Å². The van der Waals surface area contributed by atoms with Crippen LogP contribution in [0, 0.1) is 12.7 Å². The van der Waals surface area contributed by atoms with E-state index in [0.29, 0.717) is 24.8 Å². The molecule has 0 atom stereocenters. The van der Waals surface area contributed by atoms with Gasteiger partial charge in [-0.05, 0) is 50.8 Å². The highest BCUT2D eigenvalue weighted by molar-refractivity contribution is 6.31. The summed E-state index contributed by atoms with van der Waals surface area (Å²) in [7, 11) is 0. The molecule has 0 unspecified atom stereocenters. The largest absolute Gasteiger partial charge is 0.378 e. The Hall–Kier alpha value is -2.16. The lowest BCUT2D eigenvalue weighted by Crippen LogP contribution is -2.40. The molecule has 2 fully saturated rings.